The van der Waals surface area contributed by atoms with Crippen LogP contribution in [0.2, 0.25) is 0 Å². The molecule has 9 nitrogen and oxygen atoms in total. The SMILES string of the molecule is Cc1ncsc1-c1ccc([C@H](C)NC(=O)[C@H]2C[C@@H](O)CN2C(=O)C(N(CC2c3ccccc3-c3ccccc32)C(=O)O)C(C)(C)SC(c2ccccc2)(c2ccccc2)c2ccccc2)cc1. The van der Waals surface area contributed by atoms with Gasteiger partial charge < -0.3 is 20.4 Å². The highest BCUT2D eigenvalue weighted by Gasteiger charge is 2.54. The summed E-state index contributed by atoms with van der Waals surface area (Å²) >= 11 is 3.10. The van der Waals surface area contributed by atoms with E-state index in [1.807, 2.05) is 148 Å². The first-order valence-corrected chi connectivity index (χ1v) is 24.4. The number of carboxylic acid groups (broad SMARTS) is 1. The maximum absolute atomic E-state index is 16.0. The predicted octanol–water partition coefficient (Wildman–Crippen LogP) is 10.9. The van der Waals surface area contributed by atoms with Gasteiger partial charge in [0.1, 0.15) is 12.1 Å². The number of benzene rings is 6. The number of thioether (sulfide) groups is 1. The number of rotatable bonds is 14. The molecule has 3 amide bonds. The fourth-order valence-electron chi connectivity index (χ4n) is 10.3. The molecule has 2 heterocycles. The molecule has 4 atom stereocenters. The van der Waals surface area contributed by atoms with E-state index in [-0.39, 0.29) is 25.4 Å². The third kappa shape index (κ3) is 8.79. The van der Waals surface area contributed by atoms with Crippen molar-refractivity contribution in [2.75, 3.05) is 13.1 Å². The van der Waals surface area contributed by atoms with Crippen molar-refractivity contribution in [2.45, 2.75) is 73.8 Å². The first kappa shape index (κ1) is 45.6. The first-order chi connectivity index (χ1) is 32.4. The van der Waals surface area contributed by atoms with Crippen molar-refractivity contribution in [3.8, 4) is 21.6 Å². The summed E-state index contributed by atoms with van der Waals surface area (Å²) in [6.45, 7) is 7.60. The second-order valence-corrected chi connectivity index (χ2v) is 20.8. The molecule has 3 N–H and O–H groups in total. The highest BCUT2D eigenvalue weighted by Crippen LogP contribution is 2.55. The summed E-state index contributed by atoms with van der Waals surface area (Å²) in [6, 6.07) is 51.6. The Morgan fingerprint density at radius 3 is 1.78 bits per heavy atom. The topological polar surface area (TPSA) is 123 Å². The largest absolute Gasteiger partial charge is 0.465 e. The fraction of sp³-hybridized carbons (Fsp3) is 0.250. The minimum atomic E-state index is -1.34. The number of aromatic nitrogens is 1. The smallest absolute Gasteiger partial charge is 0.408 e. The minimum absolute atomic E-state index is 0.00656. The first-order valence-electron chi connectivity index (χ1n) is 22.7. The van der Waals surface area contributed by atoms with Gasteiger partial charge in [0.05, 0.1) is 33.0 Å². The Kier molecular flexibility index (Phi) is 12.9. The van der Waals surface area contributed by atoms with E-state index in [4.69, 9.17) is 0 Å². The number of hydrogen-bond donors (Lipinski definition) is 3. The molecule has 2 aliphatic rings. The number of carbonyl (C=O) groups is 3. The van der Waals surface area contributed by atoms with Gasteiger partial charge in [-0.3, -0.25) is 14.5 Å². The Morgan fingerprint density at radius 1 is 0.776 bits per heavy atom. The van der Waals surface area contributed by atoms with E-state index in [1.54, 1.807) is 11.3 Å². The normalized spacial score (nSPS) is 16.8. The summed E-state index contributed by atoms with van der Waals surface area (Å²) in [6.07, 6.45) is -2.26. The maximum Gasteiger partial charge on any atom is 0.408 e. The number of fused-ring (bicyclic) bond motifs is 3. The zero-order valence-electron chi connectivity index (χ0n) is 38.0. The van der Waals surface area contributed by atoms with Crippen LogP contribution in [0.5, 0.6) is 0 Å². The van der Waals surface area contributed by atoms with Crippen molar-refractivity contribution < 1.29 is 24.6 Å². The number of hydrogen-bond acceptors (Lipinski definition) is 7. The summed E-state index contributed by atoms with van der Waals surface area (Å²) in [5.41, 5.74) is 11.6. The third-order valence-corrected chi connectivity index (χ3v) is 16.1. The lowest BCUT2D eigenvalue weighted by Gasteiger charge is -2.47. The van der Waals surface area contributed by atoms with Gasteiger partial charge in [0.15, 0.2) is 0 Å². The van der Waals surface area contributed by atoms with Crippen LogP contribution in [0.3, 0.4) is 0 Å². The number of carbonyl (C=O) groups excluding carboxylic acids is 2. The van der Waals surface area contributed by atoms with E-state index in [2.05, 4.69) is 58.8 Å². The van der Waals surface area contributed by atoms with Crippen LogP contribution < -0.4 is 5.32 Å². The fourth-order valence-corrected chi connectivity index (χ4v) is 13.0. The number of aliphatic hydroxyl groups is 1. The van der Waals surface area contributed by atoms with Crippen LogP contribution in [0.4, 0.5) is 4.79 Å². The van der Waals surface area contributed by atoms with E-state index in [0.717, 1.165) is 60.6 Å². The molecule has 0 saturated carbocycles. The zero-order valence-corrected chi connectivity index (χ0v) is 39.6. The molecule has 1 unspecified atom stereocenters. The van der Waals surface area contributed by atoms with Gasteiger partial charge >= 0.3 is 6.09 Å². The van der Waals surface area contributed by atoms with Crippen molar-refractivity contribution in [3.05, 3.63) is 208 Å². The average Bonchev–Trinajstić information content (AvgIpc) is 4.06. The van der Waals surface area contributed by atoms with Gasteiger partial charge in [0, 0.05) is 30.2 Å². The van der Waals surface area contributed by atoms with Gasteiger partial charge in [0.2, 0.25) is 11.8 Å². The monoisotopic (exact) mass is 926 g/mol. The van der Waals surface area contributed by atoms with E-state index < -0.39 is 51.6 Å². The maximum atomic E-state index is 16.0. The van der Waals surface area contributed by atoms with Crippen LogP contribution in [0.25, 0.3) is 21.6 Å². The predicted molar refractivity (Wildman–Crippen MR) is 268 cm³/mol. The summed E-state index contributed by atoms with van der Waals surface area (Å²) in [5, 5.41) is 26.1. The van der Waals surface area contributed by atoms with E-state index >= 15 is 4.79 Å². The van der Waals surface area contributed by atoms with Crippen LogP contribution in [0.1, 0.15) is 78.2 Å². The van der Waals surface area contributed by atoms with Crippen LogP contribution >= 0.6 is 23.1 Å². The van der Waals surface area contributed by atoms with E-state index in [9.17, 15) is 19.8 Å². The second kappa shape index (κ2) is 19.0. The zero-order chi connectivity index (χ0) is 46.9. The Morgan fingerprint density at radius 2 is 1.28 bits per heavy atom. The molecule has 7 aromatic rings. The quantitative estimate of drug-likeness (QED) is 0.0928. The molecule has 1 saturated heterocycles. The van der Waals surface area contributed by atoms with Crippen molar-refractivity contribution in [2.24, 2.45) is 0 Å². The summed E-state index contributed by atoms with van der Waals surface area (Å²) < 4.78 is -2.14. The molecule has 0 radical (unpaired) electrons. The van der Waals surface area contributed by atoms with Crippen LogP contribution in [-0.2, 0) is 14.3 Å². The van der Waals surface area contributed by atoms with Crippen molar-refractivity contribution in [1.29, 1.82) is 0 Å². The number of likely N-dealkylation sites (tertiary alicyclic amines) is 1. The number of aryl methyl sites for hydroxylation is 1. The summed E-state index contributed by atoms with van der Waals surface area (Å²) in [5.74, 6) is -1.34. The van der Waals surface area contributed by atoms with Gasteiger partial charge in [-0.2, -0.15) is 0 Å². The molecule has 0 spiro atoms. The number of nitrogens with zero attached hydrogens (tertiary/aromatic N) is 3. The highest BCUT2D eigenvalue weighted by atomic mass is 32.2. The molecule has 0 bridgehead atoms. The van der Waals surface area contributed by atoms with Gasteiger partial charge in [-0.15, -0.1) is 23.1 Å². The Labute approximate surface area is 400 Å². The third-order valence-electron chi connectivity index (χ3n) is 13.4. The van der Waals surface area contributed by atoms with Gasteiger partial charge in [0.25, 0.3) is 0 Å². The van der Waals surface area contributed by atoms with Crippen molar-refractivity contribution >= 4 is 41.0 Å². The average molecular weight is 927 g/mol. The van der Waals surface area contributed by atoms with Gasteiger partial charge in [-0.25, -0.2) is 9.78 Å². The Balaban J connectivity index is 1.13. The lowest BCUT2D eigenvalue weighted by Crippen LogP contribution is -2.62. The molecule has 1 aliphatic heterocycles. The second-order valence-electron chi connectivity index (χ2n) is 18.1. The molecule has 1 aliphatic carbocycles. The van der Waals surface area contributed by atoms with E-state index in [0.29, 0.717) is 0 Å². The highest BCUT2D eigenvalue weighted by molar-refractivity contribution is 8.02. The number of thiazole rings is 1. The lowest BCUT2D eigenvalue weighted by atomic mass is 9.84. The molecule has 1 fully saturated rings. The van der Waals surface area contributed by atoms with Crippen LogP contribution in [-0.4, -0.2) is 78.9 Å². The molecule has 340 valence electrons. The van der Waals surface area contributed by atoms with E-state index in [1.165, 1.54) is 21.6 Å². The molecule has 9 rings (SSSR count). The minimum Gasteiger partial charge on any atom is -0.465 e. The summed E-state index contributed by atoms with van der Waals surface area (Å²) in [7, 11) is 0. The van der Waals surface area contributed by atoms with Gasteiger partial charge in [-0.1, -0.05) is 164 Å². The Hall–Kier alpha value is -6.53. The molecular weight excluding hydrogens is 873 g/mol. The molecule has 67 heavy (non-hydrogen) atoms. The van der Waals surface area contributed by atoms with Crippen molar-refractivity contribution in [3.63, 3.8) is 0 Å². The Bertz CT molecular complexity index is 2730. The van der Waals surface area contributed by atoms with Crippen molar-refractivity contribution in [1.82, 2.24) is 20.1 Å². The molecular formula is C56H54N4O5S2. The number of β-amino-alcohol motifs (C(OH)–C–C–N with tert-alkyl or cyclic N) is 1. The lowest BCUT2D eigenvalue weighted by molar-refractivity contribution is -0.143. The number of aliphatic hydroxyl groups excluding tert-OH is 1. The summed E-state index contributed by atoms with van der Waals surface area (Å²) in [4.78, 5) is 53.0. The van der Waals surface area contributed by atoms with Gasteiger partial charge in [-0.05, 0) is 77.8 Å². The number of amides is 3. The molecule has 11 heteroatoms. The van der Waals surface area contributed by atoms with Crippen LogP contribution in [0, 0.1) is 6.92 Å². The molecule has 1 aromatic heterocycles. The molecule has 6 aromatic carbocycles. The standard InChI is InChI=1S/C56H54N4O5S2/c1-36(38-28-30-39(31-29-38)50-37(2)57-35-66-50)58-52(62)49-32-43(61)33-59(49)53(63)51(60(54(64)65)34-48-46-26-16-14-24-44(46)45-25-15-17-27-47(45)48)55(3,4)67-56(40-18-8-5-9-19-40,41-20-10-6-11-21-41)42-22-12-7-13-23-42/h5-31,35-36,43,48-49,51,61H,32-34H2,1-4H3,(H,58,62)(H,64,65)/t36-,43+,49+,51?/m0/s1. The number of nitrogens with one attached hydrogen (secondary N) is 1. The van der Waals surface area contributed by atoms with Crippen LogP contribution in [0.15, 0.2) is 169 Å².